The zero-order valence-corrected chi connectivity index (χ0v) is 39.1. The molecule has 13 nitrogen and oxygen atoms in total. The zero-order chi connectivity index (χ0) is 48.7. The first kappa shape index (κ1) is 97.9. The Morgan fingerprint density at radius 3 is 0.857 bits per heavy atom. The van der Waals surface area contributed by atoms with Gasteiger partial charge in [0, 0.05) is 68.3 Å². The van der Waals surface area contributed by atoms with Crippen molar-refractivity contribution in [1.82, 2.24) is 0 Å². The molecule has 4 rings (SSSR count). The van der Waals surface area contributed by atoms with Crippen LogP contribution in [0.3, 0.4) is 0 Å². The topological polar surface area (TPSA) is 242 Å². The van der Waals surface area contributed by atoms with Crippen molar-refractivity contribution in [3.8, 4) is 0 Å². The van der Waals surface area contributed by atoms with Crippen LogP contribution in [0.4, 0.5) is 0 Å². The number of hydrogen-bond acceptors (Lipinski definition) is 0. The Bertz CT molecular complexity index is 1610. The third-order valence-electron chi connectivity index (χ3n) is 5.21. The van der Waals surface area contributed by atoms with Crippen molar-refractivity contribution in [2.24, 2.45) is 0 Å². The number of benzene rings is 4. The molecule has 0 amide bonds. The van der Waals surface area contributed by atoms with Gasteiger partial charge in [-0.1, -0.05) is 144 Å². The SMILES string of the molecule is [C-]#[O+].[C-]#[O+].[C-]#[O+].[C-]#[O+].[C-]#[O+].[C-]#[O+].[C-]#[O+].[C-]#[O+].[C-]#[O+].[C-]#[O+].[C-]#[O+].[C-]#[O+].[CH-]=C([C-]=C=[N+](CC)CC)P(c1ccccc1)c1ccccc1.[Fe].[Fe].[Fe].[Fe].c1ccc(Pc2ccccc2)cc1. The van der Waals surface area contributed by atoms with E-state index in [1.807, 2.05) is 12.1 Å². The minimum Gasteiger partial charge on any atom is -0.541 e. The van der Waals surface area contributed by atoms with Crippen LogP contribution in [-0.2, 0) is 124 Å². The Morgan fingerprint density at radius 1 is 0.444 bits per heavy atom. The Labute approximate surface area is 415 Å². The van der Waals surface area contributed by atoms with Crippen molar-refractivity contribution < 1.29 is 129 Å². The standard InChI is InChI=1S/C20H21NP.C12H11P.12CO.4Fe/c1-4-21(5-2)17-16-18(3)22(19-12-8-6-9-13-19)20-14-10-7-11-15-20;1-3-7-11(8-4-1)13-12-9-5-2-6-10-12;12*1-2;;;;/h3,6-15H,4-5H2,1-2H3;1-10,13H;;;;;;;;;;;;;;;;/q-1;;;;;;;;;;;;;;;;;. The van der Waals surface area contributed by atoms with E-state index in [9.17, 15) is 0 Å². The van der Waals surface area contributed by atoms with Gasteiger partial charge in [0.1, 0.15) is 13.1 Å². The number of hydrogen-bond donors (Lipinski definition) is 0. The average Bonchev–Trinajstić information content (AvgIpc) is 3.38. The van der Waals surface area contributed by atoms with E-state index >= 15 is 0 Å². The second-order valence-corrected chi connectivity index (χ2v) is 11.2. The van der Waals surface area contributed by atoms with Crippen molar-refractivity contribution in [3.05, 3.63) is 219 Å². The second-order valence-electron chi connectivity index (χ2n) is 7.66. The van der Waals surface area contributed by atoms with Gasteiger partial charge in [0.05, 0.1) is 0 Å². The molecule has 4 aromatic carbocycles. The molecule has 0 N–H and O–H groups in total. The fraction of sp³-hybridized carbons (Fsp3) is 0.0909. The van der Waals surface area contributed by atoms with Crippen LogP contribution < -0.4 is 21.2 Å². The maximum Gasteiger partial charge on any atom is 0.146 e. The Hall–Kier alpha value is -4.11. The molecule has 0 unspecified atom stereocenters. The van der Waals surface area contributed by atoms with E-state index in [4.69, 9.17) is 62.4 Å². The summed E-state index contributed by atoms with van der Waals surface area (Å²) in [7, 11) is 0.0181. The smallest absolute Gasteiger partial charge is 0.146 e. The third kappa shape index (κ3) is 64.6. The first-order valence-corrected chi connectivity index (χ1v) is 16.7. The Balaban J connectivity index is -0.0000000424. The first-order valence-electron chi connectivity index (χ1n) is 14.3. The molecule has 328 valence electrons. The minimum atomic E-state index is -0.759. The fourth-order valence-electron chi connectivity index (χ4n) is 3.36. The molecule has 0 radical (unpaired) electrons. The van der Waals surface area contributed by atoms with E-state index < -0.39 is 7.92 Å². The van der Waals surface area contributed by atoms with E-state index in [0.717, 1.165) is 27.0 Å². The molecule has 0 aliphatic heterocycles. The van der Waals surface area contributed by atoms with Gasteiger partial charge < -0.3 is 18.0 Å². The fourth-order valence-corrected chi connectivity index (χ4v) is 6.37. The van der Waals surface area contributed by atoms with Crippen molar-refractivity contribution in [1.29, 1.82) is 0 Å². The van der Waals surface area contributed by atoms with Gasteiger partial charge in [-0.15, -0.1) is 0 Å². The molecule has 0 bridgehead atoms. The van der Waals surface area contributed by atoms with Crippen LogP contribution in [0.1, 0.15) is 13.8 Å². The van der Waals surface area contributed by atoms with E-state index in [1.165, 1.54) is 21.2 Å². The van der Waals surface area contributed by atoms with Gasteiger partial charge in [-0.05, 0) is 35.1 Å². The maximum atomic E-state index is 7.50. The van der Waals surface area contributed by atoms with Crippen molar-refractivity contribution in [2.75, 3.05) is 13.1 Å². The summed E-state index contributed by atoms with van der Waals surface area (Å²) >= 11 is 0. The Morgan fingerprint density at radius 2 is 0.651 bits per heavy atom. The van der Waals surface area contributed by atoms with Gasteiger partial charge in [-0.25, -0.2) is 4.58 Å². The van der Waals surface area contributed by atoms with Crippen LogP contribution in [0.25, 0.3) is 0 Å². The number of allylic oxidation sites excluding steroid dienone is 2. The van der Waals surface area contributed by atoms with Gasteiger partial charge in [0.15, 0.2) is 0 Å². The number of nitrogens with zero attached hydrogens (tertiary/aromatic N) is 1. The predicted molar refractivity (Wildman–Crippen MR) is 204 cm³/mol. The van der Waals surface area contributed by atoms with Crippen LogP contribution in [0.2, 0.25) is 0 Å². The molecule has 0 aliphatic carbocycles. The third-order valence-corrected chi connectivity index (χ3v) is 8.68. The van der Waals surface area contributed by atoms with Gasteiger partial charge in [0.25, 0.3) is 0 Å². The molecule has 0 heterocycles. The van der Waals surface area contributed by atoms with Crippen LogP contribution in [0, 0.1) is 92.5 Å². The molecule has 0 aliphatic rings. The summed E-state index contributed by atoms with van der Waals surface area (Å²) in [5, 5.41) is 6.01. The molecular weight excluding hydrogens is 1020 g/mol. The second kappa shape index (κ2) is 107. The van der Waals surface area contributed by atoms with E-state index in [-0.39, 0.29) is 68.3 Å². The molecule has 0 aromatic heterocycles. The van der Waals surface area contributed by atoms with Gasteiger partial charge in [-0.3, -0.25) is 0 Å². The van der Waals surface area contributed by atoms with E-state index in [0.29, 0.717) is 0 Å². The molecule has 0 saturated carbocycles. The molecule has 0 spiro atoms. The van der Waals surface area contributed by atoms with Gasteiger partial charge in [0.2, 0.25) is 0 Å². The van der Waals surface area contributed by atoms with Crippen molar-refractivity contribution >= 4 is 43.6 Å². The minimum absolute atomic E-state index is 0. The molecule has 0 fully saturated rings. The number of rotatable bonds is 8. The summed E-state index contributed by atoms with van der Waals surface area (Å²) in [6.45, 7) is 66.4. The monoisotopic (exact) mass is 1050 g/mol. The van der Waals surface area contributed by atoms with Crippen LogP contribution in [-0.4, -0.2) is 23.5 Å². The molecule has 0 atom stereocenters. The van der Waals surface area contributed by atoms with Crippen molar-refractivity contribution in [3.63, 3.8) is 0 Å². The summed E-state index contributed by atoms with van der Waals surface area (Å²) in [5.41, 5.74) is 0. The zero-order valence-electron chi connectivity index (χ0n) is 32.7. The normalized spacial score (nSPS) is 5.95. The summed E-state index contributed by atoms with van der Waals surface area (Å²) < 4.78 is 92.1. The van der Waals surface area contributed by atoms with E-state index in [1.54, 1.807) is 0 Å². The predicted octanol–water partition coefficient (Wildman–Crippen LogP) is 5.37. The van der Waals surface area contributed by atoms with Crippen LogP contribution in [0.15, 0.2) is 127 Å². The molecule has 4 aromatic rings. The average molecular weight is 1050 g/mol. The van der Waals surface area contributed by atoms with Crippen LogP contribution >= 0.6 is 16.5 Å². The van der Waals surface area contributed by atoms with Crippen molar-refractivity contribution in [2.45, 2.75) is 13.8 Å². The first-order chi connectivity index (χ1) is 29.2. The molecule has 0 saturated heterocycles. The maximum absolute atomic E-state index is 7.50. The molecule has 19 heteroatoms. The van der Waals surface area contributed by atoms with Gasteiger partial charge in [-0.2, -0.15) is 0 Å². The summed E-state index contributed by atoms with van der Waals surface area (Å²) in [5.74, 6) is 3.18. The summed E-state index contributed by atoms with van der Waals surface area (Å²) in [6.07, 6.45) is 3.18. The Kier molecular flexibility index (Phi) is 166. The quantitative estimate of drug-likeness (QED) is 0.0411. The van der Waals surface area contributed by atoms with Gasteiger partial charge >= 0.3 is 136 Å². The molecule has 63 heavy (non-hydrogen) atoms. The largest absolute Gasteiger partial charge is 0.541 e. The summed E-state index contributed by atoms with van der Waals surface area (Å²) in [6, 6.07) is 41.9. The molecular formula is C44H32Fe4NO12P2-. The summed E-state index contributed by atoms with van der Waals surface area (Å²) in [4.78, 5) is 0. The van der Waals surface area contributed by atoms with Crippen LogP contribution in [0.5, 0.6) is 0 Å². The van der Waals surface area contributed by atoms with E-state index in [2.05, 4.69) is 219 Å².